The van der Waals surface area contributed by atoms with Crippen LogP contribution in [0.5, 0.6) is 0 Å². The zero-order valence-corrected chi connectivity index (χ0v) is 11.5. The van der Waals surface area contributed by atoms with Gasteiger partial charge in [0.1, 0.15) is 0 Å². The van der Waals surface area contributed by atoms with Gasteiger partial charge in [-0.3, -0.25) is 0 Å². The zero-order chi connectivity index (χ0) is 11.1. The topological polar surface area (TPSA) is 46.2 Å². The highest BCUT2D eigenvalue weighted by Crippen LogP contribution is 2.29. The predicted octanol–water partition coefficient (Wildman–Crippen LogP) is 1.96. The standard InChI is InChI=1S/C9H12BrNO2S2/c1-6-3-11-8(5-15(6,12)13)9-2-7(10)4-14-9/h2,4,6,8,11H,3,5H2,1H3. The molecule has 15 heavy (non-hydrogen) atoms. The summed E-state index contributed by atoms with van der Waals surface area (Å²) in [7, 11) is -2.92. The summed E-state index contributed by atoms with van der Waals surface area (Å²) < 4.78 is 24.5. The smallest absolute Gasteiger partial charge is 0.156 e. The summed E-state index contributed by atoms with van der Waals surface area (Å²) in [5.74, 6) is 0.209. The first-order chi connectivity index (χ1) is 6.99. The Labute approximate surface area is 102 Å². The lowest BCUT2D eigenvalue weighted by atomic mass is 10.2. The predicted molar refractivity (Wildman–Crippen MR) is 66.0 cm³/mol. The quantitative estimate of drug-likeness (QED) is 0.862. The highest BCUT2D eigenvalue weighted by Gasteiger charge is 2.32. The molecule has 0 bridgehead atoms. The van der Waals surface area contributed by atoms with E-state index in [1.807, 2.05) is 11.4 Å². The van der Waals surface area contributed by atoms with Gasteiger partial charge in [-0.15, -0.1) is 11.3 Å². The van der Waals surface area contributed by atoms with Crippen molar-refractivity contribution in [1.29, 1.82) is 0 Å². The van der Waals surface area contributed by atoms with Crippen molar-refractivity contribution in [3.8, 4) is 0 Å². The Bertz CT molecular complexity index is 454. The van der Waals surface area contributed by atoms with Crippen molar-refractivity contribution in [2.75, 3.05) is 12.3 Å². The van der Waals surface area contributed by atoms with Crippen molar-refractivity contribution in [2.45, 2.75) is 18.2 Å². The molecule has 0 radical (unpaired) electrons. The second-order valence-corrected chi connectivity index (χ2v) is 8.09. The average Bonchev–Trinajstić information content (AvgIpc) is 2.57. The minimum atomic E-state index is -2.92. The molecule has 1 aromatic rings. The van der Waals surface area contributed by atoms with Gasteiger partial charge in [0.05, 0.1) is 17.0 Å². The first-order valence-electron chi connectivity index (χ1n) is 4.68. The van der Waals surface area contributed by atoms with Crippen molar-refractivity contribution in [3.05, 3.63) is 20.8 Å². The molecular formula is C9H12BrNO2S2. The van der Waals surface area contributed by atoms with Crippen LogP contribution in [0.2, 0.25) is 0 Å². The lowest BCUT2D eigenvalue weighted by Gasteiger charge is -2.27. The summed E-state index contributed by atoms with van der Waals surface area (Å²) in [5, 5.41) is 4.97. The van der Waals surface area contributed by atoms with Crippen LogP contribution in [0.3, 0.4) is 0 Å². The molecule has 1 N–H and O–H groups in total. The molecule has 0 aliphatic carbocycles. The molecule has 84 valence electrons. The third-order valence-corrected chi connectivity index (χ3v) is 6.59. The van der Waals surface area contributed by atoms with Crippen molar-refractivity contribution >= 4 is 37.1 Å². The maximum Gasteiger partial charge on any atom is 0.156 e. The Morgan fingerprint density at radius 1 is 1.60 bits per heavy atom. The van der Waals surface area contributed by atoms with E-state index in [9.17, 15) is 8.42 Å². The third-order valence-electron chi connectivity index (χ3n) is 2.59. The molecule has 1 aliphatic rings. The van der Waals surface area contributed by atoms with Crippen LogP contribution in [-0.2, 0) is 9.84 Å². The Morgan fingerprint density at radius 3 is 2.87 bits per heavy atom. The number of halogens is 1. The summed E-state index contributed by atoms with van der Waals surface area (Å²) in [6.07, 6.45) is 0. The van der Waals surface area contributed by atoms with Gasteiger partial charge in [0.2, 0.25) is 0 Å². The van der Waals surface area contributed by atoms with Gasteiger partial charge in [0.15, 0.2) is 9.84 Å². The normalized spacial score (nSPS) is 30.3. The molecule has 1 saturated heterocycles. The van der Waals surface area contributed by atoms with E-state index in [0.29, 0.717) is 6.54 Å². The number of sulfone groups is 1. The minimum Gasteiger partial charge on any atom is -0.307 e. The molecule has 1 aromatic heterocycles. The van der Waals surface area contributed by atoms with Crippen LogP contribution >= 0.6 is 27.3 Å². The maximum atomic E-state index is 11.7. The Morgan fingerprint density at radius 2 is 2.33 bits per heavy atom. The van der Waals surface area contributed by atoms with Crippen molar-refractivity contribution in [3.63, 3.8) is 0 Å². The average molecular weight is 310 g/mol. The van der Waals surface area contributed by atoms with E-state index in [1.54, 1.807) is 18.3 Å². The van der Waals surface area contributed by atoms with Crippen molar-refractivity contribution in [2.24, 2.45) is 0 Å². The summed E-state index contributed by atoms with van der Waals surface area (Å²) in [4.78, 5) is 1.08. The number of hydrogen-bond acceptors (Lipinski definition) is 4. The number of hydrogen-bond donors (Lipinski definition) is 1. The lowest BCUT2D eigenvalue weighted by molar-refractivity contribution is 0.506. The summed E-state index contributed by atoms with van der Waals surface area (Å²) in [6, 6.07) is 1.94. The molecular weight excluding hydrogens is 298 g/mol. The molecule has 0 saturated carbocycles. The first kappa shape index (κ1) is 11.6. The highest BCUT2D eigenvalue weighted by molar-refractivity contribution is 9.10. The molecule has 0 spiro atoms. The molecule has 2 rings (SSSR count). The largest absolute Gasteiger partial charge is 0.307 e. The molecule has 0 amide bonds. The van der Waals surface area contributed by atoms with Crippen LogP contribution in [-0.4, -0.2) is 26.0 Å². The van der Waals surface area contributed by atoms with Crippen LogP contribution in [0.25, 0.3) is 0 Å². The fraction of sp³-hybridized carbons (Fsp3) is 0.556. The summed E-state index contributed by atoms with van der Waals surface area (Å²) in [5.41, 5.74) is 0. The first-order valence-corrected chi connectivity index (χ1v) is 8.07. The van der Waals surface area contributed by atoms with Crippen molar-refractivity contribution in [1.82, 2.24) is 5.32 Å². The SMILES string of the molecule is CC1CNC(c2cc(Br)cs2)CS1(=O)=O. The zero-order valence-electron chi connectivity index (χ0n) is 8.23. The number of nitrogens with one attached hydrogen (secondary N) is 1. The van der Waals surface area contributed by atoms with Crippen LogP contribution < -0.4 is 5.32 Å². The second-order valence-electron chi connectivity index (χ2n) is 3.77. The van der Waals surface area contributed by atoms with Gasteiger partial charge < -0.3 is 5.32 Å². The Balaban J connectivity index is 2.20. The lowest BCUT2D eigenvalue weighted by Crippen LogP contribution is -2.44. The van der Waals surface area contributed by atoms with E-state index in [2.05, 4.69) is 21.2 Å². The molecule has 1 fully saturated rings. The van der Waals surface area contributed by atoms with Crippen LogP contribution in [0, 0.1) is 0 Å². The second kappa shape index (κ2) is 4.16. The van der Waals surface area contributed by atoms with Gasteiger partial charge in [-0.1, -0.05) is 0 Å². The molecule has 2 unspecified atom stereocenters. The van der Waals surface area contributed by atoms with E-state index in [4.69, 9.17) is 0 Å². The Kier molecular flexibility index (Phi) is 3.21. The third kappa shape index (κ3) is 2.43. The monoisotopic (exact) mass is 309 g/mol. The maximum absolute atomic E-state index is 11.7. The molecule has 0 aromatic carbocycles. The van der Waals surface area contributed by atoms with E-state index < -0.39 is 9.84 Å². The van der Waals surface area contributed by atoms with Gasteiger partial charge >= 0.3 is 0 Å². The Hall–Kier alpha value is 0.0900. The van der Waals surface area contributed by atoms with Gasteiger partial charge in [-0.25, -0.2) is 8.42 Å². The van der Waals surface area contributed by atoms with Crippen LogP contribution in [0.4, 0.5) is 0 Å². The van der Waals surface area contributed by atoms with Crippen molar-refractivity contribution < 1.29 is 8.42 Å². The number of thiophene rings is 1. The van der Waals surface area contributed by atoms with Gasteiger partial charge in [0, 0.05) is 21.3 Å². The fourth-order valence-corrected chi connectivity index (χ4v) is 4.65. The fourth-order valence-electron chi connectivity index (χ4n) is 1.58. The molecule has 2 atom stereocenters. The molecule has 2 heterocycles. The van der Waals surface area contributed by atoms with Crippen LogP contribution in [0.1, 0.15) is 17.8 Å². The molecule has 6 heteroatoms. The molecule has 3 nitrogen and oxygen atoms in total. The van der Waals surface area contributed by atoms with Crippen LogP contribution in [0.15, 0.2) is 15.9 Å². The highest BCUT2D eigenvalue weighted by atomic mass is 79.9. The van der Waals surface area contributed by atoms with E-state index >= 15 is 0 Å². The van der Waals surface area contributed by atoms with Gasteiger partial charge in [0.25, 0.3) is 0 Å². The molecule has 1 aliphatic heterocycles. The summed E-state index contributed by atoms with van der Waals surface area (Å²) in [6.45, 7) is 2.30. The van der Waals surface area contributed by atoms with E-state index in [0.717, 1.165) is 9.35 Å². The number of rotatable bonds is 1. The van der Waals surface area contributed by atoms with E-state index in [-0.39, 0.29) is 17.0 Å². The minimum absolute atomic E-state index is 0.0394. The van der Waals surface area contributed by atoms with Gasteiger partial charge in [-0.05, 0) is 28.9 Å². The summed E-state index contributed by atoms with van der Waals surface area (Å²) >= 11 is 4.96. The van der Waals surface area contributed by atoms with E-state index in [1.165, 1.54) is 0 Å². The van der Waals surface area contributed by atoms with Gasteiger partial charge in [-0.2, -0.15) is 0 Å².